The third-order valence-corrected chi connectivity index (χ3v) is 5.03. The van der Waals surface area contributed by atoms with Crippen LogP contribution in [0.3, 0.4) is 0 Å². The van der Waals surface area contributed by atoms with Crippen LogP contribution in [-0.4, -0.2) is 16.0 Å². The number of thiazole rings is 1. The number of nitrogens with one attached hydrogen (secondary N) is 1. The van der Waals surface area contributed by atoms with Gasteiger partial charge in [0.1, 0.15) is 16.3 Å². The fraction of sp³-hybridized carbons (Fsp3) is 0.105. The molecule has 2 aromatic carbocycles. The Bertz CT molecular complexity index is 1030. The average Bonchev–Trinajstić information content (AvgIpc) is 3.18. The molecule has 0 atom stereocenters. The van der Waals surface area contributed by atoms with Crippen LogP contribution in [0.4, 0.5) is 5.69 Å². The van der Waals surface area contributed by atoms with E-state index >= 15 is 0 Å². The van der Waals surface area contributed by atoms with E-state index in [1.54, 1.807) is 25.2 Å². The summed E-state index contributed by atoms with van der Waals surface area (Å²) in [5.41, 5.74) is 3.61. The molecule has 0 bridgehead atoms. The molecule has 25 heavy (non-hydrogen) atoms. The number of fused-ring (bicyclic) bond motifs is 1. The molecule has 4 aromatic rings. The average molecular weight is 349 g/mol. The largest absolute Gasteiger partial charge is 0.361 e. The number of aryl methyl sites for hydroxylation is 2. The standard InChI is InChI=1S/C19H15N3O2S/c1-11-17(12(2)24-22-11)18(23)20-14-8-4-3-7-13(14)19-21-15-9-5-6-10-16(15)25-19/h3-10H,1-2H3,(H,20,23). The van der Waals surface area contributed by atoms with Crippen LogP contribution in [0.5, 0.6) is 0 Å². The zero-order valence-electron chi connectivity index (χ0n) is 13.7. The maximum absolute atomic E-state index is 12.6. The smallest absolute Gasteiger partial charge is 0.261 e. The molecule has 4 rings (SSSR count). The Hall–Kier alpha value is -2.99. The van der Waals surface area contributed by atoms with Gasteiger partial charge in [0, 0.05) is 5.56 Å². The maximum Gasteiger partial charge on any atom is 0.261 e. The number of hydrogen-bond acceptors (Lipinski definition) is 5. The van der Waals surface area contributed by atoms with Gasteiger partial charge in [-0.2, -0.15) is 0 Å². The molecule has 124 valence electrons. The summed E-state index contributed by atoms with van der Waals surface area (Å²) in [5.74, 6) is 0.275. The van der Waals surface area contributed by atoms with Crippen molar-refractivity contribution in [3.8, 4) is 10.6 Å². The van der Waals surface area contributed by atoms with Crippen molar-refractivity contribution in [3.05, 3.63) is 65.5 Å². The first-order chi connectivity index (χ1) is 12.1. The van der Waals surface area contributed by atoms with E-state index in [1.807, 2.05) is 48.5 Å². The number of para-hydroxylation sites is 2. The van der Waals surface area contributed by atoms with Crippen molar-refractivity contribution in [1.82, 2.24) is 10.1 Å². The third kappa shape index (κ3) is 2.81. The van der Waals surface area contributed by atoms with Crippen LogP contribution in [0.2, 0.25) is 0 Å². The zero-order chi connectivity index (χ0) is 17.4. The topological polar surface area (TPSA) is 68.0 Å². The summed E-state index contributed by atoms with van der Waals surface area (Å²) in [6.45, 7) is 3.49. The molecule has 0 aliphatic carbocycles. The lowest BCUT2D eigenvalue weighted by Gasteiger charge is -2.09. The second-order valence-corrected chi connectivity index (χ2v) is 6.72. The quantitative estimate of drug-likeness (QED) is 0.576. The molecular weight excluding hydrogens is 334 g/mol. The molecule has 0 aliphatic heterocycles. The summed E-state index contributed by atoms with van der Waals surface area (Å²) in [4.78, 5) is 17.3. The minimum atomic E-state index is -0.232. The van der Waals surface area contributed by atoms with Crippen LogP contribution >= 0.6 is 11.3 Å². The third-order valence-electron chi connectivity index (χ3n) is 3.96. The van der Waals surface area contributed by atoms with E-state index in [4.69, 9.17) is 4.52 Å². The van der Waals surface area contributed by atoms with Crippen molar-refractivity contribution in [1.29, 1.82) is 0 Å². The summed E-state index contributed by atoms with van der Waals surface area (Å²) >= 11 is 1.60. The van der Waals surface area contributed by atoms with Crippen molar-refractivity contribution >= 4 is 33.1 Å². The van der Waals surface area contributed by atoms with Gasteiger partial charge in [0.15, 0.2) is 0 Å². The first-order valence-electron chi connectivity index (χ1n) is 7.82. The number of aromatic nitrogens is 2. The highest BCUT2D eigenvalue weighted by molar-refractivity contribution is 7.21. The number of amides is 1. The van der Waals surface area contributed by atoms with Gasteiger partial charge >= 0.3 is 0 Å². The fourth-order valence-corrected chi connectivity index (χ4v) is 3.76. The van der Waals surface area contributed by atoms with E-state index in [-0.39, 0.29) is 5.91 Å². The summed E-state index contributed by atoms with van der Waals surface area (Å²) in [7, 11) is 0. The minimum absolute atomic E-state index is 0.232. The van der Waals surface area contributed by atoms with Crippen molar-refractivity contribution in [3.63, 3.8) is 0 Å². The first-order valence-corrected chi connectivity index (χ1v) is 8.64. The Morgan fingerprint density at radius 3 is 2.60 bits per heavy atom. The Balaban J connectivity index is 1.73. The fourth-order valence-electron chi connectivity index (χ4n) is 2.76. The summed E-state index contributed by atoms with van der Waals surface area (Å²) in [6, 6.07) is 15.7. The summed E-state index contributed by atoms with van der Waals surface area (Å²) in [5, 5.41) is 7.68. The van der Waals surface area contributed by atoms with E-state index in [9.17, 15) is 4.79 Å². The van der Waals surface area contributed by atoms with Crippen LogP contribution in [0.15, 0.2) is 53.1 Å². The highest BCUT2D eigenvalue weighted by Crippen LogP contribution is 2.34. The van der Waals surface area contributed by atoms with Crippen molar-refractivity contribution in [2.75, 3.05) is 5.32 Å². The highest BCUT2D eigenvalue weighted by Gasteiger charge is 2.19. The SMILES string of the molecule is Cc1noc(C)c1C(=O)Nc1ccccc1-c1nc2ccccc2s1. The number of rotatable bonds is 3. The molecule has 6 heteroatoms. The molecule has 0 fully saturated rings. The molecule has 0 unspecified atom stereocenters. The van der Waals surface area contributed by atoms with E-state index in [2.05, 4.69) is 15.5 Å². The Morgan fingerprint density at radius 1 is 1.08 bits per heavy atom. The normalized spacial score (nSPS) is 11.0. The zero-order valence-corrected chi connectivity index (χ0v) is 14.6. The lowest BCUT2D eigenvalue weighted by Crippen LogP contribution is -2.14. The Kier molecular flexibility index (Phi) is 3.82. The number of anilines is 1. The number of nitrogens with zero attached hydrogens (tertiary/aromatic N) is 2. The molecule has 0 radical (unpaired) electrons. The molecule has 1 N–H and O–H groups in total. The molecule has 0 aliphatic rings. The number of carbonyl (C=O) groups excluding carboxylic acids is 1. The molecule has 0 spiro atoms. The lowest BCUT2D eigenvalue weighted by molar-refractivity contribution is 0.102. The van der Waals surface area contributed by atoms with Crippen LogP contribution < -0.4 is 5.32 Å². The van der Waals surface area contributed by atoms with Crippen LogP contribution in [-0.2, 0) is 0 Å². The van der Waals surface area contributed by atoms with Gasteiger partial charge in [-0.15, -0.1) is 11.3 Å². The first kappa shape index (κ1) is 15.5. The van der Waals surface area contributed by atoms with E-state index in [1.165, 1.54) is 0 Å². The van der Waals surface area contributed by atoms with Gasteiger partial charge in [0.05, 0.1) is 21.6 Å². The van der Waals surface area contributed by atoms with Crippen molar-refractivity contribution in [2.45, 2.75) is 13.8 Å². The Morgan fingerprint density at radius 2 is 1.84 bits per heavy atom. The van der Waals surface area contributed by atoms with Gasteiger partial charge in [-0.25, -0.2) is 4.98 Å². The molecule has 1 amide bonds. The number of hydrogen-bond donors (Lipinski definition) is 1. The monoisotopic (exact) mass is 349 g/mol. The molecular formula is C19H15N3O2S. The molecule has 5 nitrogen and oxygen atoms in total. The second kappa shape index (κ2) is 6.14. The molecule has 2 aromatic heterocycles. The van der Waals surface area contributed by atoms with E-state index in [0.717, 1.165) is 20.8 Å². The minimum Gasteiger partial charge on any atom is -0.361 e. The predicted molar refractivity (Wildman–Crippen MR) is 99.0 cm³/mol. The molecule has 0 saturated heterocycles. The van der Waals surface area contributed by atoms with Crippen LogP contribution in [0, 0.1) is 13.8 Å². The van der Waals surface area contributed by atoms with Gasteiger partial charge in [0.2, 0.25) is 0 Å². The summed E-state index contributed by atoms with van der Waals surface area (Å²) in [6.07, 6.45) is 0. The summed E-state index contributed by atoms with van der Waals surface area (Å²) < 4.78 is 6.20. The van der Waals surface area contributed by atoms with Gasteiger partial charge in [-0.05, 0) is 38.1 Å². The highest BCUT2D eigenvalue weighted by atomic mass is 32.1. The second-order valence-electron chi connectivity index (χ2n) is 5.69. The van der Waals surface area contributed by atoms with Gasteiger partial charge in [0.25, 0.3) is 5.91 Å². The van der Waals surface area contributed by atoms with E-state index in [0.29, 0.717) is 22.7 Å². The van der Waals surface area contributed by atoms with Crippen molar-refractivity contribution < 1.29 is 9.32 Å². The van der Waals surface area contributed by atoms with Gasteiger partial charge in [-0.3, -0.25) is 4.79 Å². The van der Waals surface area contributed by atoms with Gasteiger partial charge in [-0.1, -0.05) is 29.4 Å². The van der Waals surface area contributed by atoms with Gasteiger partial charge < -0.3 is 9.84 Å². The van der Waals surface area contributed by atoms with E-state index < -0.39 is 0 Å². The van der Waals surface area contributed by atoms with Crippen LogP contribution in [0.25, 0.3) is 20.8 Å². The lowest BCUT2D eigenvalue weighted by atomic mass is 10.1. The number of carbonyl (C=O) groups is 1. The molecule has 2 heterocycles. The predicted octanol–water partition coefficient (Wildman–Crippen LogP) is 4.82. The van der Waals surface area contributed by atoms with Crippen LogP contribution in [0.1, 0.15) is 21.8 Å². The maximum atomic E-state index is 12.6. The Labute approximate surface area is 148 Å². The van der Waals surface area contributed by atoms with Crippen molar-refractivity contribution in [2.24, 2.45) is 0 Å². The number of benzene rings is 2. The molecule has 0 saturated carbocycles.